The molecular formula is C7H15NS. The molecule has 1 nitrogen and oxygen atoms in total. The van der Waals surface area contributed by atoms with E-state index in [1.807, 2.05) is 27.1 Å². The fraction of sp³-hybridized carbons (Fsp3) is 0.714. The van der Waals surface area contributed by atoms with E-state index in [4.69, 9.17) is 0 Å². The molecule has 54 valence electrons. The van der Waals surface area contributed by atoms with Crippen molar-refractivity contribution in [3.8, 4) is 0 Å². The summed E-state index contributed by atoms with van der Waals surface area (Å²) in [5.41, 5.74) is 0. The molecule has 0 rings (SSSR count). The number of thiol groups is 1. The molecule has 0 bridgehead atoms. The minimum atomic E-state index is 0.362. The summed E-state index contributed by atoms with van der Waals surface area (Å²) in [4.78, 5) is 2.09. The van der Waals surface area contributed by atoms with Gasteiger partial charge in [-0.2, -0.15) is 12.6 Å². The van der Waals surface area contributed by atoms with E-state index in [0.717, 1.165) is 6.42 Å². The Kier molecular flexibility index (Phi) is 4.91. The molecule has 0 radical (unpaired) electrons. The monoisotopic (exact) mass is 145 g/mol. The second kappa shape index (κ2) is 4.89. The number of hydrogen-bond acceptors (Lipinski definition) is 2. The van der Waals surface area contributed by atoms with Gasteiger partial charge in [0.15, 0.2) is 0 Å². The first-order valence-electron chi connectivity index (χ1n) is 3.14. The van der Waals surface area contributed by atoms with Crippen LogP contribution in [0.3, 0.4) is 0 Å². The predicted octanol–water partition coefficient (Wildman–Crippen LogP) is 1.77. The highest BCUT2D eigenvalue weighted by Crippen LogP contribution is 2.03. The van der Waals surface area contributed by atoms with E-state index in [1.165, 1.54) is 0 Å². The molecule has 0 aliphatic rings. The van der Waals surface area contributed by atoms with Crippen LogP contribution >= 0.6 is 12.6 Å². The zero-order valence-corrected chi connectivity index (χ0v) is 7.23. The van der Waals surface area contributed by atoms with Crippen LogP contribution in [-0.4, -0.2) is 24.4 Å². The van der Waals surface area contributed by atoms with E-state index in [2.05, 4.69) is 23.6 Å². The lowest BCUT2D eigenvalue weighted by atomic mass is 10.3. The molecule has 2 heteroatoms. The van der Waals surface area contributed by atoms with Crippen LogP contribution < -0.4 is 0 Å². The van der Waals surface area contributed by atoms with Gasteiger partial charge in [-0.15, -0.1) is 0 Å². The third-order valence-electron chi connectivity index (χ3n) is 1.18. The lowest BCUT2D eigenvalue weighted by Crippen LogP contribution is -2.21. The summed E-state index contributed by atoms with van der Waals surface area (Å²) in [6.45, 7) is 2.02. The van der Waals surface area contributed by atoms with Crippen LogP contribution in [0, 0.1) is 0 Å². The minimum absolute atomic E-state index is 0.362. The standard InChI is InChI=1S/C7H15NS/c1-4-5-6-7(9)8(2)3/h4-5,7,9H,6H2,1-3H3/b5-4+/t7-/m1/s1. The van der Waals surface area contributed by atoms with Crippen LogP contribution in [0.4, 0.5) is 0 Å². The van der Waals surface area contributed by atoms with E-state index >= 15 is 0 Å². The molecule has 1 atom stereocenters. The van der Waals surface area contributed by atoms with E-state index < -0.39 is 0 Å². The van der Waals surface area contributed by atoms with Gasteiger partial charge in [-0.25, -0.2) is 0 Å². The molecule has 0 aromatic rings. The van der Waals surface area contributed by atoms with Gasteiger partial charge in [0.25, 0.3) is 0 Å². The van der Waals surface area contributed by atoms with Gasteiger partial charge in [-0.1, -0.05) is 12.2 Å². The lowest BCUT2D eigenvalue weighted by Gasteiger charge is -2.16. The number of nitrogens with zero attached hydrogens (tertiary/aromatic N) is 1. The van der Waals surface area contributed by atoms with Crippen molar-refractivity contribution in [1.29, 1.82) is 0 Å². The number of rotatable bonds is 3. The van der Waals surface area contributed by atoms with Gasteiger partial charge in [0, 0.05) is 0 Å². The van der Waals surface area contributed by atoms with Crippen LogP contribution in [0.15, 0.2) is 12.2 Å². The van der Waals surface area contributed by atoms with Crippen molar-refractivity contribution in [3.05, 3.63) is 12.2 Å². The van der Waals surface area contributed by atoms with E-state index in [0.29, 0.717) is 5.37 Å². The van der Waals surface area contributed by atoms with Crippen molar-refractivity contribution in [2.45, 2.75) is 18.7 Å². The van der Waals surface area contributed by atoms with Crippen LogP contribution in [-0.2, 0) is 0 Å². The maximum absolute atomic E-state index is 4.33. The van der Waals surface area contributed by atoms with Gasteiger partial charge in [0.1, 0.15) is 0 Å². The molecule has 0 saturated heterocycles. The van der Waals surface area contributed by atoms with Gasteiger partial charge < -0.3 is 0 Å². The average molecular weight is 145 g/mol. The van der Waals surface area contributed by atoms with Crippen molar-refractivity contribution < 1.29 is 0 Å². The van der Waals surface area contributed by atoms with Gasteiger partial charge in [0.05, 0.1) is 5.37 Å². The summed E-state index contributed by atoms with van der Waals surface area (Å²) in [5, 5.41) is 0.362. The fourth-order valence-corrected chi connectivity index (χ4v) is 0.590. The van der Waals surface area contributed by atoms with Crippen molar-refractivity contribution in [2.24, 2.45) is 0 Å². The minimum Gasteiger partial charge on any atom is -0.298 e. The van der Waals surface area contributed by atoms with Crippen LogP contribution in [0.25, 0.3) is 0 Å². The van der Waals surface area contributed by atoms with Crippen molar-refractivity contribution >= 4 is 12.6 Å². The molecule has 0 heterocycles. The van der Waals surface area contributed by atoms with Crippen molar-refractivity contribution in [3.63, 3.8) is 0 Å². The molecule has 0 spiro atoms. The molecule has 0 unspecified atom stereocenters. The maximum atomic E-state index is 4.33. The zero-order valence-electron chi connectivity index (χ0n) is 6.33. The Morgan fingerprint density at radius 1 is 1.56 bits per heavy atom. The van der Waals surface area contributed by atoms with E-state index in [1.54, 1.807) is 0 Å². The topological polar surface area (TPSA) is 3.24 Å². The molecule has 0 aliphatic carbocycles. The van der Waals surface area contributed by atoms with E-state index in [9.17, 15) is 0 Å². The Morgan fingerprint density at radius 2 is 2.11 bits per heavy atom. The first kappa shape index (κ1) is 9.05. The molecule has 0 aliphatic heterocycles. The Bertz CT molecular complexity index is 88.9. The summed E-state index contributed by atoms with van der Waals surface area (Å²) in [6.07, 6.45) is 5.19. The highest BCUT2D eigenvalue weighted by Gasteiger charge is 2.00. The van der Waals surface area contributed by atoms with Gasteiger partial charge in [0.2, 0.25) is 0 Å². The average Bonchev–Trinajstić information content (AvgIpc) is 1.82. The molecule has 9 heavy (non-hydrogen) atoms. The van der Waals surface area contributed by atoms with Crippen LogP contribution in [0.5, 0.6) is 0 Å². The van der Waals surface area contributed by atoms with Crippen LogP contribution in [0.2, 0.25) is 0 Å². The normalized spacial score (nSPS) is 15.2. The third kappa shape index (κ3) is 4.55. The third-order valence-corrected chi connectivity index (χ3v) is 1.85. The smallest absolute Gasteiger partial charge is 0.0557 e. The second-order valence-electron chi connectivity index (χ2n) is 2.25. The molecule has 0 N–H and O–H groups in total. The highest BCUT2D eigenvalue weighted by molar-refractivity contribution is 7.80. The summed E-state index contributed by atoms with van der Waals surface area (Å²) in [7, 11) is 4.06. The summed E-state index contributed by atoms with van der Waals surface area (Å²) >= 11 is 4.33. The molecule has 0 fully saturated rings. The first-order chi connectivity index (χ1) is 4.18. The SMILES string of the molecule is C/C=C/C[C@@H](S)N(C)C. The quantitative estimate of drug-likeness (QED) is 0.360. The Hall–Kier alpha value is 0.0500. The van der Waals surface area contributed by atoms with Gasteiger partial charge >= 0.3 is 0 Å². The summed E-state index contributed by atoms with van der Waals surface area (Å²) < 4.78 is 0. The van der Waals surface area contributed by atoms with Crippen LogP contribution in [0.1, 0.15) is 13.3 Å². The number of hydrogen-bond donors (Lipinski definition) is 1. The highest BCUT2D eigenvalue weighted by atomic mass is 32.1. The molecular weight excluding hydrogens is 130 g/mol. The van der Waals surface area contributed by atoms with Gasteiger partial charge in [-0.3, -0.25) is 4.90 Å². The molecule has 0 amide bonds. The Labute approximate surface area is 63.2 Å². The van der Waals surface area contributed by atoms with E-state index in [-0.39, 0.29) is 0 Å². The molecule has 0 aromatic carbocycles. The summed E-state index contributed by atoms with van der Waals surface area (Å²) in [6, 6.07) is 0. The molecule has 0 aromatic heterocycles. The Balaban J connectivity index is 3.38. The largest absolute Gasteiger partial charge is 0.298 e. The maximum Gasteiger partial charge on any atom is 0.0557 e. The second-order valence-corrected chi connectivity index (χ2v) is 2.85. The zero-order chi connectivity index (χ0) is 7.28. The summed E-state index contributed by atoms with van der Waals surface area (Å²) in [5.74, 6) is 0. The molecule has 0 saturated carbocycles. The van der Waals surface area contributed by atoms with Crippen molar-refractivity contribution in [1.82, 2.24) is 4.90 Å². The first-order valence-corrected chi connectivity index (χ1v) is 3.65. The lowest BCUT2D eigenvalue weighted by molar-refractivity contribution is 0.387. The number of allylic oxidation sites excluding steroid dienone is 1. The van der Waals surface area contributed by atoms with Crippen molar-refractivity contribution in [2.75, 3.05) is 14.1 Å². The Morgan fingerprint density at radius 3 is 2.44 bits per heavy atom. The van der Waals surface area contributed by atoms with Gasteiger partial charge in [-0.05, 0) is 27.4 Å². The fourth-order valence-electron chi connectivity index (χ4n) is 0.469. The predicted molar refractivity (Wildman–Crippen MR) is 45.9 cm³/mol.